The summed E-state index contributed by atoms with van der Waals surface area (Å²) in [5.41, 5.74) is 6.80. The molecule has 1 aromatic carbocycles. The summed E-state index contributed by atoms with van der Waals surface area (Å²) >= 11 is 0. The van der Waals surface area contributed by atoms with Gasteiger partial charge in [-0.05, 0) is 45.4 Å². The molecule has 154 valence electrons. The molecule has 0 aliphatic carbocycles. The molecule has 0 aliphatic heterocycles. The summed E-state index contributed by atoms with van der Waals surface area (Å²) in [6, 6.07) is 4.11. The van der Waals surface area contributed by atoms with Gasteiger partial charge in [0.1, 0.15) is 23.4 Å². The topological polar surface area (TPSA) is 125 Å². The summed E-state index contributed by atoms with van der Waals surface area (Å²) in [4.78, 5) is 31.9. The molecule has 0 saturated carbocycles. The molecule has 3 rings (SSSR count). The summed E-state index contributed by atoms with van der Waals surface area (Å²) in [5.74, 6) is 1.23. The minimum absolute atomic E-state index is 0.282. The number of nitrogens with two attached hydrogens (primary N) is 1. The lowest BCUT2D eigenvalue weighted by molar-refractivity contribution is -0.135. The monoisotopic (exact) mass is 399 g/mol. The fourth-order valence-corrected chi connectivity index (χ4v) is 2.99. The van der Waals surface area contributed by atoms with E-state index in [2.05, 4.69) is 15.1 Å². The van der Waals surface area contributed by atoms with E-state index < -0.39 is 12.0 Å². The highest BCUT2D eigenvalue weighted by atomic mass is 16.5. The number of hydrogen-bond acceptors (Lipinski definition) is 7. The maximum atomic E-state index is 12.7. The van der Waals surface area contributed by atoms with Gasteiger partial charge in [0.25, 0.3) is 5.56 Å². The lowest BCUT2D eigenvalue weighted by Crippen LogP contribution is -2.30. The van der Waals surface area contributed by atoms with Gasteiger partial charge in [0, 0.05) is 6.42 Å². The molecule has 29 heavy (non-hydrogen) atoms. The number of aromatic nitrogens is 4. The second kappa shape index (κ2) is 8.44. The van der Waals surface area contributed by atoms with Gasteiger partial charge in [0.05, 0.1) is 17.9 Å². The molecule has 0 radical (unpaired) electrons. The Labute approximate surface area is 167 Å². The molecule has 0 aliphatic rings. The summed E-state index contributed by atoms with van der Waals surface area (Å²) in [5, 5.41) is 4.60. The zero-order valence-electron chi connectivity index (χ0n) is 17.0. The van der Waals surface area contributed by atoms with Crippen molar-refractivity contribution < 1.29 is 14.3 Å². The number of fused-ring (bicyclic) bond motifs is 1. The van der Waals surface area contributed by atoms with Crippen LogP contribution in [0.1, 0.15) is 38.7 Å². The van der Waals surface area contributed by atoms with Crippen molar-refractivity contribution in [1.29, 1.82) is 0 Å². The van der Waals surface area contributed by atoms with Crippen LogP contribution in [0.25, 0.3) is 16.9 Å². The molecule has 0 saturated heterocycles. The third kappa shape index (κ3) is 4.14. The number of esters is 1. The zero-order valence-corrected chi connectivity index (χ0v) is 17.0. The van der Waals surface area contributed by atoms with E-state index in [-0.39, 0.29) is 11.3 Å². The highest BCUT2D eigenvalue weighted by molar-refractivity contribution is 5.78. The number of hydrogen-bond donors (Lipinski definition) is 2. The highest BCUT2D eigenvalue weighted by Crippen LogP contribution is 2.31. The van der Waals surface area contributed by atoms with E-state index in [0.717, 1.165) is 6.42 Å². The first-order chi connectivity index (χ1) is 13.8. The number of aryl methyl sites for hydroxylation is 2. The minimum atomic E-state index is -0.759. The van der Waals surface area contributed by atoms with Gasteiger partial charge < -0.3 is 20.2 Å². The van der Waals surface area contributed by atoms with E-state index in [1.807, 2.05) is 13.8 Å². The van der Waals surface area contributed by atoms with Crippen molar-refractivity contribution in [3.05, 3.63) is 40.1 Å². The molecule has 9 heteroatoms. The van der Waals surface area contributed by atoms with Gasteiger partial charge >= 0.3 is 5.97 Å². The Morgan fingerprint density at radius 3 is 2.76 bits per heavy atom. The van der Waals surface area contributed by atoms with Crippen LogP contribution in [0.2, 0.25) is 0 Å². The Kier molecular flexibility index (Phi) is 5.97. The maximum Gasteiger partial charge on any atom is 0.328 e. The normalized spacial score (nSPS) is 12.2. The predicted molar refractivity (Wildman–Crippen MR) is 108 cm³/mol. The average Bonchev–Trinajstić information content (AvgIpc) is 2.99. The van der Waals surface area contributed by atoms with E-state index in [0.29, 0.717) is 47.2 Å². The number of rotatable bonds is 7. The number of carbonyl (C=O) groups excluding carboxylic acids is 1. The van der Waals surface area contributed by atoms with E-state index in [1.54, 1.807) is 36.6 Å². The molecule has 0 fully saturated rings. The molecular weight excluding hydrogens is 374 g/mol. The summed E-state index contributed by atoms with van der Waals surface area (Å²) in [7, 11) is 0. The fourth-order valence-electron chi connectivity index (χ4n) is 2.99. The van der Waals surface area contributed by atoms with Gasteiger partial charge in [-0.15, -0.1) is 5.10 Å². The third-order valence-corrected chi connectivity index (χ3v) is 4.31. The van der Waals surface area contributed by atoms with Crippen LogP contribution in [0.3, 0.4) is 0 Å². The molecule has 2 aromatic heterocycles. The number of nitrogens with one attached hydrogen (secondary N) is 1. The second-order valence-electron chi connectivity index (χ2n) is 6.73. The first kappa shape index (κ1) is 20.5. The molecule has 9 nitrogen and oxygen atoms in total. The van der Waals surface area contributed by atoms with E-state index in [1.165, 1.54) is 0 Å². The Balaban J connectivity index is 2.17. The molecule has 0 amide bonds. The standard InChI is InChI=1S/C20H25N5O4/c1-5-7-16-22-12(4)17-19(26)23-18(24-25(16)17)14-10-13(29-20(27)11(3)21)8-9-15(14)28-6-2/h8-11H,5-7,21H2,1-4H3,(H,23,24,26)/t11-/m0/s1. The summed E-state index contributed by atoms with van der Waals surface area (Å²) in [6.45, 7) is 7.63. The van der Waals surface area contributed by atoms with Gasteiger partial charge in [-0.1, -0.05) is 6.92 Å². The summed E-state index contributed by atoms with van der Waals surface area (Å²) < 4.78 is 12.6. The van der Waals surface area contributed by atoms with Gasteiger partial charge in [-0.3, -0.25) is 4.79 Å². The maximum absolute atomic E-state index is 12.7. The highest BCUT2D eigenvalue weighted by Gasteiger charge is 2.18. The lowest BCUT2D eigenvalue weighted by Gasteiger charge is -2.13. The first-order valence-corrected chi connectivity index (χ1v) is 9.58. The SMILES string of the molecule is CCCc1nc(C)c2c(=O)[nH]c(-c3cc(OC(=O)[C@H](C)N)ccc3OCC)nn12. The van der Waals surface area contributed by atoms with Crippen LogP contribution in [0.15, 0.2) is 23.0 Å². The van der Waals surface area contributed by atoms with Crippen molar-refractivity contribution in [2.24, 2.45) is 5.73 Å². The van der Waals surface area contributed by atoms with Crippen molar-refractivity contribution in [3.63, 3.8) is 0 Å². The Hall–Kier alpha value is -3.20. The van der Waals surface area contributed by atoms with E-state index in [4.69, 9.17) is 15.2 Å². The molecule has 0 spiro atoms. The number of benzene rings is 1. The molecular formula is C20H25N5O4. The molecule has 3 aromatic rings. The number of imidazole rings is 1. The first-order valence-electron chi connectivity index (χ1n) is 9.58. The predicted octanol–water partition coefficient (Wildman–Crippen LogP) is 2.00. The van der Waals surface area contributed by atoms with Crippen molar-refractivity contribution >= 4 is 11.5 Å². The Morgan fingerprint density at radius 1 is 1.34 bits per heavy atom. The third-order valence-electron chi connectivity index (χ3n) is 4.31. The van der Waals surface area contributed by atoms with Crippen molar-refractivity contribution in [2.75, 3.05) is 6.61 Å². The Bertz CT molecular complexity index is 1100. The number of carbonyl (C=O) groups is 1. The quantitative estimate of drug-likeness (QED) is 0.460. The molecule has 0 bridgehead atoms. The smallest absolute Gasteiger partial charge is 0.328 e. The van der Waals surface area contributed by atoms with Crippen LogP contribution in [0.5, 0.6) is 11.5 Å². The van der Waals surface area contributed by atoms with Gasteiger partial charge in [0.15, 0.2) is 11.3 Å². The number of nitrogens with zero attached hydrogens (tertiary/aromatic N) is 3. The second-order valence-corrected chi connectivity index (χ2v) is 6.73. The largest absolute Gasteiger partial charge is 0.493 e. The van der Waals surface area contributed by atoms with Crippen LogP contribution in [-0.2, 0) is 11.2 Å². The number of H-pyrrole nitrogens is 1. The van der Waals surface area contributed by atoms with Crippen LogP contribution in [0, 0.1) is 6.92 Å². The fraction of sp³-hybridized carbons (Fsp3) is 0.400. The minimum Gasteiger partial charge on any atom is -0.493 e. The van der Waals surface area contributed by atoms with E-state index in [9.17, 15) is 9.59 Å². The molecule has 2 heterocycles. The lowest BCUT2D eigenvalue weighted by atomic mass is 10.1. The summed E-state index contributed by atoms with van der Waals surface area (Å²) in [6.07, 6.45) is 1.56. The van der Waals surface area contributed by atoms with Crippen molar-refractivity contribution in [3.8, 4) is 22.9 Å². The van der Waals surface area contributed by atoms with Gasteiger partial charge in [0.2, 0.25) is 0 Å². The number of ether oxygens (including phenoxy) is 2. The van der Waals surface area contributed by atoms with Gasteiger partial charge in [-0.25, -0.2) is 14.3 Å². The van der Waals surface area contributed by atoms with E-state index >= 15 is 0 Å². The molecule has 0 unspecified atom stereocenters. The van der Waals surface area contributed by atoms with Crippen molar-refractivity contribution in [1.82, 2.24) is 19.6 Å². The van der Waals surface area contributed by atoms with Crippen molar-refractivity contribution in [2.45, 2.75) is 46.6 Å². The van der Waals surface area contributed by atoms with Crippen LogP contribution in [0.4, 0.5) is 0 Å². The molecule has 1 atom stereocenters. The average molecular weight is 399 g/mol. The van der Waals surface area contributed by atoms with Gasteiger partial charge in [-0.2, -0.15) is 0 Å². The number of aromatic amines is 1. The van der Waals surface area contributed by atoms with Crippen LogP contribution >= 0.6 is 0 Å². The Morgan fingerprint density at radius 2 is 2.10 bits per heavy atom. The zero-order chi connectivity index (χ0) is 21.1. The van der Waals surface area contributed by atoms with Crippen LogP contribution < -0.4 is 20.8 Å². The molecule has 3 N–H and O–H groups in total. The van der Waals surface area contributed by atoms with Crippen LogP contribution in [-0.4, -0.2) is 38.2 Å².